The summed E-state index contributed by atoms with van der Waals surface area (Å²) >= 11 is 0. The molecule has 0 aliphatic carbocycles. The third kappa shape index (κ3) is 17.1. The van der Waals surface area contributed by atoms with Crippen LogP contribution in [0.2, 0.25) is 0 Å². The Hall–Kier alpha value is -0.0800. The zero-order valence-corrected chi connectivity index (χ0v) is 22.6. The summed E-state index contributed by atoms with van der Waals surface area (Å²) < 4.78 is 2.69. The predicted molar refractivity (Wildman–Crippen MR) is 135 cm³/mol. The minimum absolute atomic E-state index is 0. The highest BCUT2D eigenvalue weighted by molar-refractivity contribution is 5.65. The Kier molecular flexibility index (Phi) is 23.0. The Morgan fingerprint density at radius 3 is 1.42 bits per heavy atom. The number of nitrogens with one attached hydrogen (secondary N) is 1. The first-order chi connectivity index (χ1) is 14.8. The van der Waals surface area contributed by atoms with Crippen LogP contribution in [0.5, 0.6) is 0 Å². The summed E-state index contributed by atoms with van der Waals surface area (Å²) in [6.07, 6.45) is 28.9. The first-order valence-electron chi connectivity index (χ1n) is 14.2. The molecular weight excluding hydrogens is 400 g/mol. The lowest BCUT2D eigenvalue weighted by molar-refractivity contribution is -0.802. The molecule has 1 unspecified atom stereocenters. The monoisotopic (exact) mass is 457 g/mol. The number of unbranched alkanes of at least 4 members (excludes halogenated alkanes) is 18. The normalized spacial score (nSPS) is 16.2. The maximum atomic E-state index is 2.69. The molecule has 0 aromatic rings. The minimum atomic E-state index is 0. The van der Waals surface area contributed by atoms with Gasteiger partial charge in [0.25, 0.3) is 0 Å². The van der Waals surface area contributed by atoms with Gasteiger partial charge in [0.15, 0.2) is 6.54 Å². The van der Waals surface area contributed by atoms with Crippen molar-refractivity contribution in [1.82, 2.24) is 0 Å². The quantitative estimate of drug-likeness (QED) is 0.184. The second-order valence-electron chi connectivity index (χ2n) is 10.0. The number of quaternary nitrogens is 1. The van der Waals surface area contributed by atoms with Crippen LogP contribution in [-0.2, 0) is 0 Å². The van der Waals surface area contributed by atoms with Gasteiger partial charge in [-0.1, -0.05) is 117 Å². The predicted octanol–water partition coefficient (Wildman–Crippen LogP) is 4.16. The zero-order chi connectivity index (χ0) is 21.7. The molecule has 1 heterocycles. The highest BCUT2D eigenvalue weighted by Gasteiger charge is 2.30. The number of halogens is 1. The van der Waals surface area contributed by atoms with E-state index in [2.05, 4.69) is 25.3 Å². The lowest BCUT2D eigenvalue weighted by Crippen LogP contribution is -3.13. The molecule has 0 bridgehead atoms. The van der Waals surface area contributed by atoms with E-state index in [-0.39, 0.29) is 12.4 Å². The molecule has 186 valence electrons. The molecule has 0 radical (unpaired) electrons. The van der Waals surface area contributed by atoms with E-state index in [0.29, 0.717) is 0 Å². The molecule has 0 spiro atoms. The van der Waals surface area contributed by atoms with Gasteiger partial charge in [-0.05, 0) is 19.3 Å². The van der Waals surface area contributed by atoms with E-state index < -0.39 is 0 Å². The van der Waals surface area contributed by atoms with Crippen LogP contribution in [0.15, 0.2) is 0 Å². The van der Waals surface area contributed by atoms with Crippen molar-refractivity contribution in [3.05, 3.63) is 0 Å². The van der Waals surface area contributed by atoms with Gasteiger partial charge in [-0.2, -0.15) is 4.58 Å². The lowest BCUT2D eigenvalue weighted by Gasteiger charge is -2.08. The van der Waals surface area contributed by atoms with Crippen molar-refractivity contribution in [2.75, 3.05) is 26.2 Å². The average Bonchev–Trinajstić information content (AvgIpc) is 3.10. The Balaban J connectivity index is 0.00000900. The standard InChI is InChI=1S/C28H57N2.ClH/c1-4-6-8-10-12-14-16-18-20-22-24-29-26-27-30(28(29)3)25-23-21-19-17-15-13-11-9-7-5-2;/h4-27H2,1-3H3;1H/q+1;. The van der Waals surface area contributed by atoms with Gasteiger partial charge in [-0.25, -0.2) is 4.90 Å². The van der Waals surface area contributed by atoms with Crippen LogP contribution in [0.1, 0.15) is 149 Å². The molecule has 2 nitrogen and oxygen atoms in total. The molecule has 31 heavy (non-hydrogen) atoms. The van der Waals surface area contributed by atoms with Gasteiger partial charge in [-0.3, -0.25) is 0 Å². The zero-order valence-electron chi connectivity index (χ0n) is 21.8. The van der Waals surface area contributed by atoms with Crippen molar-refractivity contribution in [1.29, 1.82) is 0 Å². The Morgan fingerprint density at radius 1 is 0.581 bits per heavy atom. The number of hydrogen-bond donors (Lipinski definition) is 1. The summed E-state index contributed by atoms with van der Waals surface area (Å²) in [5, 5.41) is 0. The van der Waals surface area contributed by atoms with Gasteiger partial charge >= 0.3 is 5.84 Å². The van der Waals surface area contributed by atoms with Crippen molar-refractivity contribution in [2.45, 2.75) is 149 Å². The van der Waals surface area contributed by atoms with Crippen molar-refractivity contribution in [3.63, 3.8) is 0 Å². The lowest BCUT2D eigenvalue weighted by atomic mass is 10.1. The molecule has 0 amide bonds. The number of hydrogen-bond acceptors (Lipinski definition) is 0. The molecule has 0 saturated heterocycles. The fourth-order valence-corrected chi connectivity index (χ4v) is 5.04. The van der Waals surface area contributed by atoms with Gasteiger partial charge in [-0.15, -0.1) is 0 Å². The van der Waals surface area contributed by atoms with E-state index in [1.165, 1.54) is 155 Å². The summed E-state index contributed by atoms with van der Waals surface area (Å²) in [4.78, 5) is 1.78. The van der Waals surface area contributed by atoms with E-state index in [4.69, 9.17) is 0 Å². The van der Waals surface area contributed by atoms with Gasteiger partial charge in [0.05, 0.1) is 13.5 Å². The highest BCUT2D eigenvalue weighted by atomic mass is 35.5. The number of amidine groups is 1. The summed E-state index contributed by atoms with van der Waals surface area (Å²) in [5.74, 6) is 1.64. The number of nitrogens with zero attached hydrogens (tertiary/aromatic N) is 1. The molecule has 0 aromatic heterocycles. The molecule has 1 aliphatic heterocycles. The van der Waals surface area contributed by atoms with E-state index in [0.717, 1.165) is 0 Å². The largest absolute Gasteiger partial charge is 1.00 e. The van der Waals surface area contributed by atoms with Crippen molar-refractivity contribution < 1.29 is 21.9 Å². The number of rotatable bonds is 22. The second kappa shape index (κ2) is 23.1. The summed E-state index contributed by atoms with van der Waals surface area (Å²) in [7, 11) is 0. The van der Waals surface area contributed by atoms with Gasteiger partial charge in [0, 0.05) is 6.42 Å². The summed E-state index contributed by atoms with van der Waals surface area (Å²) in [6, 6.07) is 0. The van der Waals surface area contributed by atoms with Crippen molar-refractivity contribution >= 4 is 5.84 Å². The van der Waals surface area contributed by atoms with Crippen molar-refractivity contribution in [2.24, 2.45) is 0 Å². The molecule has 1 atom stereocenters. The Labute approximate surface area is 203 Å². The third-order valence-electron chi connectivity index (χ3n) is 7.28. The van der Waals surface area contributed by atoms with Crippen LogP contribution in [-0.4, -0.2) is 36.6 Å². The molecule has 0 fully saturated rings. The van der Waals surface area contributed by atoms with E-state index in [1.807, 2.05) is 0 Å². The van der Waals surface area contributed by atoms with E-state index in [1.54, 1.807) is 10.7 Å². The van der Waals surface area contributed by atoms with Crippen LogP contribution in [0, 0.1) is 0 Å². The molecule has 0 aromatic carbocycles. The maximum Gasteiger partial charge on any atom is 0.333 e. The maximum absolute atomic E-state index is 2.69. The van der Waals surface area contributed by atoms with E-state index >= 15 is 0 Å². The van der Waals surface area contributed by atoms with Gasteiger partial charge < -0.3 is 12.4 Å². The van der Waals surface area contributed by atoms with Crippen LogP contribution in [0.4, 0.5) is 0 Å². The molecule has 1 rings (SSSR count). The highest BCUT2D eigenvalue weighted by Crippen LogP contribution is 2.11. The Bertz CT molecular complexity index is 408. The van der Waals surface area contributed by atoms with Crippen LogP contribution in [0.25, 0.3) is 0 Å². The molecular formula is C28H58ClN2+. The average molecular weight is 458 g/mol. The minimum Gasteiger partial charge on any atom is -1.00 e. The second-order valence-corrected chi connectivity index (χ2v) is 10.0. The van der Waals surface area contributed by atoms with Gasteiger partial charge in [0.1, 0.15) is 13.1 Å². The SMILES string of the molecule is CCCCCCCCCCCC[N+]1=C(C)[NH+](CCCCCCCCCCCC)CC1.[Cl-]. The first kappa shape index (κ1) is 30.9. The third-order valence-corrected chi connectivity index (χ3v) is 7.28. The molecule has 1 aliphatic rings. The topological polar surface area (TPSA) is 7.45 Å². The first-order valence-corrected chi connectivity index (χ1v) is 14.2. The van der Waals surface area contributed by atoms with E-state index in [9.17, 15) is 0 Å². The molecule has 1 N–H and O–H groups in total. The smallest absolute Gasteiger partial charge is 0.333 e. The van der Waals surface area contributed by atoms with Crippen LogP contribution in [0.3, 0.4) is 0 Å². The fourth-order valence-electron chi connectivity index (χ4n) is 5.04. The summed E-state index contributed by atoms with van der Waals surface area (Å²) in [6.45, 7) is 12.3. The fraction of sp³-hybridized carbons (Fsp3) is 0.964. The molecule has 0 saturated carbocycles. The van der Waals surface area contributed by atoms with Crippen LogP contribution >= 0.6 is 0 Å². The van der Waals surface area contributed by atoms with Crippen LogP contribution < -0.4 is 17.3 Å². The molecule has 3 heteroatoms. The Morgan fingerprint density at radius 2 is 0.968 bits per heavy atom. The van der Waals surface area contributed by atoms with Crippen molar-refractivity contribution in [3.8, 4) is 0 Å². The van der Waals surface area contributed by atoms with Gasteiger partial charge in [0.2, 0.25) is 0 Å². The summed E-state index contributed by atoms with van der Waals surface area (Å²) in [5.41, 5.74) is 0.